The van der Waals surface area contributed by atoms with Gasteiger partial charge in [-0.05, 0) is 23.3 Å². The molecule has 0 saturated heterocycles. The molecule has 0 atom stereocenters. The van der Waals surface area contributed by atoms with Gasteiger partial charge in [0, 0.05) is 48.2 Å². The Hall–Kier alpha value is -6.30. The second kappa shape index (κ2) is 12.4. The number of nitrogens with zero attached hydrogens (tertiary/aromatic N) is 4. The van der Waals surface area contributed by atoms with E-state index in [1.807, 2.05) is 72.0 Å². The fourth-order valence-corrected chi connectivity index (χ4v) is 7.77. The third kappa shape index (κ3) is 5.36. The summed E-state index contributed by atoms with van der Waals surface area (Å²) in [6.45, 7) is 0. The van der Waals surface area contributed by atoms with Crippen LogP contribution in [0.2, 0.25) is 0 Å². The Morgan fingerprint density at radius 1 is 0.367 bits per heavy atom. The lowest BCUT2D eigenvalue weighted by Crippen LogP contribution is -2.00. The van der Waals surface area contributed by atoms with Crippen molar-refractivity contribution >= 4 is 32.3 Å². The molecule has 4 nitrogen and oxygen atoms in total. The minimum absolute atomic E-state index is 0.633. The highest BCUT2D eigenvalue weighted by Crippen LogP contribution is 2.50. The van der Waals surface area contributed by atoms with E-state index in [9.17, 15) is 0 Å². The molecule has 0 radical (unpaired) electrons. The molecule has 0 bridgehead atoms. The van der Waals surface area contributed by atoms with Gasteiger partial charge in [0.15, 0.2) is 17.5 Å². The first-order valence-corrected chi connectivity index (χ1v) is 17.1. The van der Waals surface area contributed by atoms with Gasteiger partial charge in [0.25, 0.3) is 0 Å². The highest BCUT2D eigenvalue weighted by atomic mass is 32.1. The summed E-state index contributed by atoms with van der Waals surface area (Å²) in [4.78, 5) is 21.4. The maximum Gasteiger partial charge on any atom is 0.164 e. The van der Waals surface area contributed by atoms with Crippen LogP contribution in [0.1, 0.15) is 0 Å². The molecule has 0 aliphatic rings. The quantitative estimate of drug-likeness (QED) is 0.181. The molecule has 0 unspecified atom stereocenters. The molecule has 0 saturated carbocycles. The number of pyridine rings is 1. The van der Waals surface area contributed by atoms with E-state index in [4.69, 9.17) is 19.9 Å². The summed E-state index contributed by atoms with van der Waals surface area (Å²) in [6.07, 6.45) is 0. The van der Waals surface area contributed by atoms with Crippen LogP contribution in [0.5, 0.6) is 0 Å². The minimum Gasteiger partial charge on any atom is -0.247 e. The Labute approximate surface area is 288 Å². The van der Waals surface area contributed by atoms with E-state index >= 15 is 0 Å². The van der Waals surface area contributed by atoms with Crippen molar-refractivity contribution in [2.45, 2.75) is 0 Å². The van der Waals surface area contributed by atoms with Gasteiger partial charge in [-0.2, -0.15) is 0 Å². The van der Waals surface area contributed by atoms with Crippen molar-refractivity contribution < 1.29 is 0 Å². The van der Waals surface area contributed by atoms with Gasteiger partial charge < -0.3 is 0 Å². The Kier molecular flexibility index (Phi) is 7.30. The zero-order valence-electron chi connectivity index (χ0n) is 26.4. The monoisotopic (exact) mass is 644 g/mol. The zero-order chi connectivity index (χ0) is 32.6. The molecule has 9 rings (SSSR count). The molecule has 9 aromatic rings. The maximum atomic E-state index is 5.29. The molecule has 6 aromatic carbocycles. The van der Waals surface area contributed by atoms with Crippen molar-refractivity contribution in [3.05, 3.63) is 170 Å². The normalized spacial score (nSPS) is 11.3. The summed E-state index contributed by atoms with van der Waals surface area (Å²) in [7, 11) is 0. The SMILES string of the molecule is c1ccc(-c2nc(-c3ccccc3)nc(-c3cccc(-c4sc5c(c(-c6ccccc6)nc6ccccc65)c4-c4ccccc4)c3)n2)cc1. The van der Waals surface area contributed by atoms with E-state index in [0.717, 1.165) is 50.0 Å². The summed E-state index contributed by atoms with van der Waals surface area (Å²) >= 11 is 1.82. The zero-order valence-corrected chi connectivity index (χ0v) is 27.2. The number of hydrogen-bond donors (Lipinski definition) is 0. The van der Waals surface area contributed by atoms with Crippen LogP contribution < -0.4 is 0 Å². The van der Waals surface area contributed by atoms with Crippen LogP contribution in [-0.4, -0.2) is 19.9 Å². The van der Waals surface area contributed by atoms with Crippen molar-refractivity contribution in [2.75, 3.05) is 0 Å². The number of para-hydroxylation sites is 1. The van der Waals surface area contributed by atoms with Crippen LogP contribution in [0, 0.1) is 0 Å². The van der Waals surface area contributed by atoms with Crippen molar-refractivity contribution in [2.24, 2.45) is 0 Å². The minimum atomic E-state index is 0.633. The molecule has 0 aliphatic carbocycles. The molecule has 0 aliphatic heterocycles. The summed E-state index contributed by atoms with van der Waals surface area (Å²) in [5, 5.41) is 2.32. The molecule has 3 aromatic heterocycles. The summed E-state index contributed by atoms with van der Waals surface area (Å²) in [5.74, 6) is 1.92. The fraction of sp³-hybridized carbons (Fsp3) is 0. The molecule has 230 valence electrons. The van der Waals surface area contributed by atoms with Crippen LogP contribution in [0.4, 0.5) is 0 Å². The second-order valence-corrected chi connectivity index (χ2v) is 12.9. The lowest BCUT2D eigenvalue weighted by atomic mass is 9.94. The van der Waals surface area contributed by atoms with Crippen molar-refractivity contribution in [1.29, 1.82) is 0 Å². The summed E-state index contributed by atoms with van der Waals surface area (Å²) in [6, 6.07) is 58.5. The Balaban J connectivity index is 1.30. The largest absolute Gasteiger partial charge is 0.247 e. The van der Waals surface area contributed by atoms with E-state index in [2.05, 4.69) is 109 Å². The van der Waals surface area contributed by atoms with Crippen molar-refractivity contribution in [1.82, 2.24) is 19.9 Å². The highest BCUT2D eigenvalue weighted by Gasteiger charge is 2.23. The first-order chi connectivity index (χ1) is 24.3. The van der Waals surface area contributed by atoms with Crippen LogP contribution >= 0.6 is 11.3 Å². The predicted octanol–water partition coefficient (Wildman–Crippen LogP) is 11.6. The molecule has 3 heterocycles. The Morgan fingerprint density at radius 2 is 0.837 bits per heavy atom. The number of benzene rings is 6. The third-order valence-electron chi connectivity index (χ3n) is 8.72. The molecule has 0 amide bonds. The topological polar surface area (TPSA) is 51.6 Å². The molecular formula is C44H28N4S. The molecule has 5 heteroatoms. The lowest BCUT2D eigenvalue weighted by molar-refractivity contribution is 1.07. The Morgan fingerprint density at radius 3 is 1.45 bits per heavy atom. The average molecular weight is 645 g/mol. The van der Waals surface area contributed by atoms with E-state index < -0.39 is 0 Å². The standard InChI is InChI=1S/C44H28N4S/c1-5-16-29(17-6-1)37-38-39(30-18-7-2-8-19-30)45-36-27-14-13-26-35(36)41(38)49-40(37)33-24-15-25-34(28-33)44-47-42(31-20-9-3-10-21-31)46-43(48-44)32-22-11-4-12-23-32/h1-28H. The molecule has 0 N–H and O–H groups in total. The smallest absolute Gasteiger partial charge is 0.164 e. The summed E-state index contributed by atoms with van der Waals surface area (Å²) in [5.41, 5.74) is 9.33. The lowest BCUT2D eigenvalue weighted by Gasteiger charge is -2.11. The first kappa shape index (κ1) is 28.9. The van der Waals surface area contributed by atoms with Gasteiger partial charge in [0.1, 0.15) is 0 Å². The number of rotatable bonds is 6. The first-order valence-electron chi connectivity index (χ1n) is 16.2. The number of fused-ring (bicyclic) bond motifs is 3. The Bertz CT molecular complexity index is 2530. The third-order valence-corrected chi connectivity index (χ3v) is 9.99. The molecule has 49 heavy (non-hydrogen) atoms. The van der Waals surface area contributed by atoms with Crippen molar-refractivity contribution in [3.63, 3.8) is 0 Å². The second-order valence-electron chi connectivity index (χ2n) is 11.8. The summed E-state index contributed by atoms with van der Waals surface area (Å²) < 4.78 is 1.22. The van der Waals surface area contributed by atoms with Crippen LogP contribution in [0.15, 0.2) is 170 Å². The van der Waals surface area contributed by atoms with Crippen LogP contribution in [0.25, 0.3) is 88.0 Å². The van der Waals surface area contributed by atoms with Crippen molar-refractivity contribution in [3.8, 4) is 67.0 Å². The van der Waals surface area contributed by atoms with E-state index in [1.54, 1.807) is 0 Å². The van der Waals surface area contributed by atoms with Crippen LogP contribution in [0.3, 0.4) is 0 Å². The molecular weight excluding hydrogens is 617 g/mol. The van der Waals surface area contributed by atoms with E-state index in [0.29, 0.717) is 17.5 Å². The van der Waals surface area contributed by atoms with Gasteiger partial charge >= 0.3 is 0 Å². The van der Waals surface area contributed by atoms with Gasteiger partial charge in [-0.15, -0.1) is 11.3 Å². The predicted molar refractivity (Wildman–Crippen MR) is 203 cm³/mol. The molecule has 0 fully saturated rings. The molecule has 0 spiro atoms. The van der Waals surface area contributed by atoms with Gasteiger partial charge in [-0.1, -0.05) is 158 Å². The van der Waals surface area contributed by atoms with E-state index in [-0.39, 0.29) is 0 Å². The number of hydrogen-bond acceptors (Lipinski definition) is 5. The fourth-order valence-electron chi connectivity index (χ4n) is 6.41. The van der Waals surface area contributed by atoms with Gasteiger partial charge in [-0.3, -0.25) is 0 Å². The highest BCUT2D eigenvalue weighted by molar-refractivity contribution is 7.24. The number of aromatic nitrogens is 4. The maximum absolute atomic E-state index is 5.29. The van der Waals surface area contributed by atoms with Crippen LogP contribution in [-0.2, 0) is 0 Å². The average Bonchev–Trinajstić information content (AvgIpc) is 3.60. The van der Waals surface area contributed by atoms with Gasteiger partial charge in [0.2, 0.25) is 0 Å². The van der Waals surface area contributed by atoms with E-state index in [1.165, 1.54) is 20.5 Å². The number of thiophene rings is 1. The van der Waals surface area contributed by atoms with Gasteiger partial charge in [0.05, 0.1) is 11.2 Å². The van der Waals surface area contributed by atoms with Gasteiger partial charge in [-0.25, -0.2) is 19.9 Å².